The van der Waals surface area contributed by atoms with Gasteiger partial charge in [-0.1, -0.05) is 0 Å². The lowest BCUT2D eigenvalue weighted by Crippen LogP contribution is -2.07. The zero-order valence-corrected chi connectivity index (χ0v) is 9.41. The Kier molecular flexibility index (Phi) is 2.78. The van der Waals surface area contributed by atoms with E-state index >= 15 is 0 Å². The third-order valence-corrected chi connectivity index (χ3v) is 2.39. The number of hydrogen-bond donors (Lipinski definition) is 1. The number of methoxy groups -OCH3 is 1. The second-order valence-corrected chi connectivity index (χ2v) is 3.39. The average molecular weight is 233 g/mol. The van der Waals surface area contributed by atoms with Crippen LogP contribution in [0, 0.1) is 0 Å². The third-order valence-electron chi connectivity index (χ3n) is 2.39. The van der Waals surface area contributed by atoms with E-state index in [1.807, 2.05) is 0 Å². The molecule has 2 aromatic heterocycles. The maximum atomic E-state index is 11.1. The molecule has 2 aromatic rings. The number of aromatic nitrogens is 3. The molecule has 1 N–H and O–H groups in total. The molecule has 17 heavy (non-hydrogen) atoms. The van der Waals surface area contributed by atoms with E-state index in [1.54, 1.807) is 25.4 Å². The van der Waals surface area contributed by atoms with Crippen molar-refractivity contribution in [2.24, 2.45) is 7.05 Å². The van der Waals surface area contributed by atoms with E-state index in [-0.39, 0.29) is 5.69 Å². The lowest BCUT2D eigenvalue weighted by Gasteiger charge is -2.06. The number of aryl methyl sites for hydroxylation is 1. The second-order valence-electron chi connectivity index (χ2n) is 3.39. The Morgan fingerprint density at radius 3 is 2.94 bits per heavy atom. The van der Waals surface area contributed by atoms with Crippen LogP contribution in [0.15, 0.2) is 24.5 Å². The molecule has 6 heteroatoms. The van der Waals surface area contributed by atoms with Gasteiger partial charge in [0.2, 0.25) is 0 Å². The molecule has 2 rings (SSSR count). The lowest BCUT2D eigenvalue weighted by atomic mass is 10.1. The predicted molar refractivity (Wildman–Crippen MR) is 60.0 cm³/mol. The maximum Gasteiger partial charge on any atom is 0.354 e. The smallest absolute Gasteiger partial charge is 0.354 e. The summed E-state index contributed by atoms with van der Waals surface area (Å²) in [5.41, 5.74) is 1.000. The monoisotopic (exact) mass is 233 g/mol. The molecule has 0 saturated carbocycles. The topological polar surface area (TPSA) is 77.2 Å². The highest BCUT2D eigenvalue weighted by Crippen LogP contribution is 2.29. The molecular formula is C11H11N3O3. The number of pyridine rings is 1. The highest BCUT2D eigenvalue weighted by atomic mass is 16.5. The van der Waals surface area contributed by atoms with Crippen LogP contribution < -0.4 is 4.74 Å². The van der Waals surface area contributed by atoms with Gasteiger partial charge in [-0.15, -0.1) is 0 Å². The number of carboxylic acids is 1. The molecule has 0 bridgehead atoms. The normalized spacial score (nSPS) is 10.2. The molecular weight excluding hydrogens is 222 g/mol. The standard InChI is InChI=1S/C11H11N3O3/c1-14-10(11(15)16)7(6-13-14)9-8(17-2)4-3-5-12-9/h3-6H,1-2H3,(H,15,16). The zero-order valence-electron chi connectivity index (χ0n) is 9.41. The molecule has 0 aromatic carbocycles. The van der Waals surface area contributed by atoms with Crippen LogP contribution in [0.5, 0.6) is 5.75 Å². The molecule has 0 saturated heterocycles. The van der Waals surface area contributed by atoms with Gasteiger partial charge in [0.15, 0.2) is 5.69 Å². The van der Waals surface area contributed by atoms with E-state index in [4.69, 9.17) is 9.84 Å². The summed E-state index contributed by atoms with van der Waals surface area (Å²) in [6, 6.07) is 3.44. The summed E-state index contributed by atoms with van der Waals surface area (Å²) in [6.45, 7) is 0. The number of carbonyl (C=O) groups is 1. The molecule has 0 spiro atoms. The van der Waals surface area contributed by atoms with E-state index < -0.39 is 5.97 Å². The van der Waals surface area contributed by atoms with Crippen LogP contribution in [-0.2, 0) is 7.05 Å². The quantitative estimate of drug-likeness (QED) is 0.861. The molecule has 0 aliphatic carbocycles. The minimum atomic E-state index is -1.05. The van der Waals surface area contributed by atoms with Crippen molar-refractivity contribution in [3.8, 4) is 17.0 Å². The van der Waals surface area contributed by atoms with E-state index in [9.17, 15) is 4.79 Å². The SMILES string of the molecule is COc1cccnc1-c1cnn(C)c1C(=O)O. The average Bonchev–Trinajstić information content (AvgIpc) is 2.71. The molecule has 0 radical (unpaired) electrons. The first kappa shape index (κ1) is 11.1. The van der Waals surface area contributed by atoms with Crippen LogP contribution >= 0.6 is 0 Å². The summed E-state index contributed by atoms with van der Waals surface area (Å²) >= 11 is 0. The van der Waals surface area contributed by atoms with Gasteiger partial charge in [0, 0.05) is 13.2 Å². The van der Waals surface area contributed by atoms with Crippen molar-refractivity contribution in [1.82, 2.24) is 14.8 Å². The number of rotatable bonds is 3. The summed E-state index contributed by atoms with van der Waals surface area (Å²) in [4.78, 5) is 15.3. The van der Waals surface area contributed by atoms with Gasteiger partial charge < -0.3 is 9.84 Å². The van der Waals surface area contributed by atoms with Gasteiger partial charge in [-0.05, 0) is 12.1 Å². The minimum absolute atomic E-state index is 0.0852. The van der Waals surface area contributed by atoms with Crippen LogP contribution in [0.4, 0.5) is 0 Å². The zero-order chi connectivity index (χ0) is 12.4. The van der Waals surface area contributed by atoms with Crippen LogP contribution in [0.3, 0.4) is 0 Å². The van der Waals surface area contributed by atoms with Crippen LogP contribution in [0.25, 0.3) is 11.3 Å². The van der Waals surface area contributed by atoms with Crippen LogP contribution in [0.2, 0.25) is 0 Å². The second kappa shape index (κ2) is 4.25. The van der Waals surface area contributed by atoms with Crippen molar-refractivity contribution in [2.75, 3.05) is 7.11 Å². The van der Waals surface area contributed by atoms with Gasteiger partial charge in [0.05, 0.1) is 18.9 Å². The molecule has 2 heterocycles. The highest BCUT2D eigenvalue weighted by Gasteiger charge is 2.20. The van der Waals surface area contributed by atoms with Crippen molar-refractivity contribution < 1.29 is 14.6 Å². The summed E-state index contributed by atoms with van der Waals surface area (Å²) < 4.78 is 6.45. The van der Waals surface area contributed by atoms with E-state index in [2.05, 4.69) is 10.1 Å². The molecule has 0 unspecified atom stereocenters. The van der Waals surface area contributed by atoms with E-state index in [0.29, 0.717) is 17.0 Å². The van der Waals surface area contributed by atoms with Gasteiger partial charge in [-0.3, -0.25) is 9.67 Å². The molecule has 0 amide bonds. The Labute approximate surface area is 97.5 Å². The first-order valence-corrected chi connectivity index (χ1v) is 4.89. The number of ether oxygens (including phenoxy) is 1. The van der Waals surface area contributed by atoms with Gasteiger partial charge in [0.25, 0.3) is 0 Å². The van der Waals surface area contributed by atoms with Crippen molar-refractivity contribution in [3.63, 3.8) is 0 Å². The Bertz CT molecular complexity index is 563. The van der Waals surface area contributed by atoms with Crippen molar-refractivity contribution >= 4 is 5.97 Å². The predicted octanol–water partition coefficient (Wildman–Crippen LogP) is 1.19. The van der Waals surface area contributed by atoms with Gasteiger partial charge in [-0.25, -0.2) is 4.79 Å². The van der Waals surface area contributed by atoms with E-state index in [0.717, 1.165) is 0 Å². The first-order valence-electron chi connectivity index (χ1n) is 4.89. The Morgan fingerprint density at radius 2 is 2.29 bits per heavy atom. The van der Waals surface area contributed by atoms with Crippen molar-refractivity contribution in [2.45, 2.75) is 0 Å². The highest BCUT2D eigenvalue weighted by molar-refractivity contribution is 5.94. The molecule has 0 aliphatic rings. The summed E-state index contributed by atoms with van der Waals surface area (Å²) in [5.74, 6) is -0.532. The fourth-order valence-electron chi connectivity index (χ4n) is 1.62. The van der Waals surface area contributed by atoms with E-state index in [1.165, 1.54) is 18.0 Å². The Morgan fingerprint density at radius 1 is 1.53 bits per heavy atom. The summed E-state index contributed by atoms with van der Waals surface area (Å²) in [6.07, 6.45) is 3.05. The summed E-state index contributed by atoms with van der Waals surface area (Å²) in [5, 5.41) is 13.1. The number of nitrogens with zero attached hydrogens (tertiary/aromatic N) is 3. The Balaban J connectivity index is 2.65. The van der Waals surface area contributed by atoms with Gasteiger partial charge >= 0.3 is 5.97 Å². The number of carboxylic acid groups (broad SMARTS) is 1. The van der Waals surface area contributed by atoms with Crippen molar-refractivity contribution in [3.05, 3.63) is 30.2 Å². The molecule has 0 aliphatic heterocycles. The van der Waals surface area contributed by atoms with Crippen molar-refractivity contribution in [1.29, 1.82) is 0 Å². The molecule has 0 fully saturated rings. The molecule has 0 atom stereocenters. The molecule has 88 valence electrons. The minimum Gasteiger partial charge on any atom is -0.494 e. The first-order chi connectivity index (χ1) is 8.15. The maximum absolute atomic E-state index is 11.1. The lowest BCUT2D eigenvalue weighted by molar-refractivity contribution is 0.0686. The summed E-state index contributed by atoms with van der Waals surface area (Å²) in [7, 11) is 3.08. The Hall–Kier alpha value is -2.37. The largest absolute Gasteiger partial charge is 0.494 e. The van der Waals surface area contributed by atoms with Crippen LogP contribution in [-0.4, -0.2) is 33.0 Å². The fourth-order valence-corrected chi connectivity index (χ4v) is 1.62. The molecule has 6 nitrogen and oxygen atoms in total. The third kappa shape index (κ3) is 1.84. The van der Waals surface area contributed by atoms with Gasteiger partial charge in [-0.2, -0.15) is 5.10 Å². The van der Waals surface area contributed by atoms with Gasteiger partial charge in [0.1, 0.15) is 11.4 Å². The number of aromatic carboxylic acids is 1. The fraction of sp³-hybridized carbons (Fsp3) is 0.182. The number of hydrogen-bond acceptors (Lipinski definition) is 4. The van der Waals surface area contributed by atoms with Crippen LogP contribution in [0.1, 0.15) is 10.5 Å².